The average Bonchev–Trinajstić information content (AvgIpc) is 2.78. The third-order valence-electron chi connectivity index (χ3n) is 2.44. The number of aliphatic hydroxyl groups excluding tert-OH is 1. The Bertz CT molecular complexity index is 455. The summed E-state index contributed by atoms with van der Waals surface area (Å²) in [5.41, 5.74) is 0. The van der Waals surface area contributed by atoms with Gasteiger partial charge in [-0.25, -0.2) is 13.1 Å². The van der Waals surface area contributed by atoms with E-state index in [0.29, 0.717) is 19.4 Å². The van der Waals surface area contributed by atoms with E-state index in [1.807, 2.05) is 6.92 Å². The summed E-state index contributed by atoms with van der Waals surface area (Å²) >= 11 is 1.18. The van der Waals surface area contributed by atoms with Crippen molar-refractivity contribution in [3.8, 4) is 0 Å². The number of thiophene rings is 1. The molecule has 0 aliphatic heterocycles. The molecule has 18 heavy (non-hydrogen) atoms. The van der Waals surface area contributed by atoms with Crippen LogP contribution in [0.4, 0.5) is 0 Å². The third kappa shape index (κ3) is 4.33. The van der Waals surface area contributed by atoms with Crippen molar-refractivity contribution in [3.05, 3.63) is 17.0 Å². The smallest absolute Gasteiger partial charge is 0.250 e. The molecule has 0 aliphatic carbocycles. The molecule has 0 saturated heterocycles. The first-order chi connectivity index (χ1) is 8.53. The fourth-order valence-corrected chi connectivity index (χ4v) is 4.13. The third-order valence-corrected chi connectivity index (χ3v) is 5.60. The van der Waals surface area contributed by atoms with E-state index in [-0.39, 0.29) is 16.9 Å². The average molecular weight is 293 g/mol. The first-order valence-electron chi connectivity index (χ1n) is 5.74. The molecule has 1 aromatic heterocycles. The van der Waals surface area contributed by atoms with Gasteiger partial charge in [-0.2, -0.15) is 0 Å². The molecule has 0 saturated carbocycles. The number of nitrogens with one attached hydrogen (secondary N) is 1. The van der Waals surface area contributed by atoms with Gasteiger partial charge in [0.1, 0.15) is 4.21 Å². The van der Waals surface area contributed by atoms with Crippen molar-refractivity contribution in [2.75, 3.05) is 20.3 Å². The predicted molar refractivity (Wildman–Crippen MR) is 71.4 cm³/mol. The van der Waals surface area contributed by atoms with Gasteiger partial charge in [0.2, 0.25) is 10.0 Å². The van der Waals surface area contributed by atoms with Gasteiger partial charge in [-0.15, -0.1) is 11.3 Å². The number of aliphatic hydroxyl groups is 1. The van der Waals surface area contributed by atoms with E-state index in [1.165, 1.54) is 11.3 Å². The summed E-state index contributed by atoms with van der Waals surface area (Å²) in [7, 11) is -1.94. The van der Waals surface area contributed by atoms with E-state index in [4.69, 9.17) is 9.84 Å². The van der Waals surface area contributed by atoms with Crippen molar-refractivity contribution in [2.45, 2.75) is 30.0 Å². The Hall–Kier alpha value is -0.470. The molecule has 2 N–H and O–H groups in total. The van der Waals surface area contributed by atoms with E-state index in [1.54, 1.807) is 19.2 Å². The zero-order valence-electron chi connectivity index (χ0n) is 10.5. The molecule has 5 nitrogen and oxygen atoms in total. The van der Waals surface area contributed by atoms with Crippen molar-refractivity contribution in [2.24, 2.45) is 0 Å². The first kappa shape index (κ1) is 15.6. The van der Waals surface area contributed by atoms with Gasteiger partial charge in [0, 0.05) is 31.1 Å². The van der Waals surface area contributed by atoms with Crippen LogP contribution in [0.3, 0.4) is 0 Å². The highest BCUT2D eigenvalue weighted by Gasteiger charge is 2.20. The molecule has 1 heterocycles. The van der Waals surface area contributed by atoms with Gasteiger partial charge >= 0.3 is 0 Å². The lowest BCUT2D eigenvalue weighted by Crippen LogP contribution is -2.37. The number of sulfonamides is 1. The lowest BCUT2D eigenvalue weighted by atomic mass is 10.3. The van der Waals surface area contributed by atoms with Crippen molar-refractivity contribution in [3.63, 3.8) is 0 Å². The van der Waals surface area contributed by atoms with Crippen LogP contribution in [0.15, 0.2) is 16.3 Å². The van der Waals surface area contributed by atoms with Crippen LogP contribution in [0, 0.1) is 0 Å². The monoisotopic (exact) mass is 293 g/mol. The van der Waals surface area contributed by atoms with Crippen molar-refractivity contribution >= 4 is 21.4 Å². The van der Waals surface area contributed by atoms with E-state index in [2.05, 4.69) is 4.72 Å². The zero-order valence-corrected chi connectivity index (χ0v) is 12.2. The van der Waals surface area contributed by atoms with Gasteiger partial charge in [0.05, 0.1) is 6.61 Å². The maximum Gasteiger partial charge on any atom is 0.250 e. The molecule has 0 bridgehead atoms. The lowest BCUT2D eigenvalue weighted by molar-refractivity contribution is 0.173. The Balaban J connectivity index is 2.78. The fraction of sp³-hybridized carbons (Fsp3) is 0.636. The maximum absolute atomic E-state index is 12.1. The number of rotatable bonds is 8. The molecule has 0 fully saturated rings. The molecule has 1 atom stereocenters. The van der Waals surface area contributed by atoms with Gasteiger partial charge < -0.3 is 9.84 Å². The predicted octanol–water partition coefficient (Wildman–Crippen LogP) is 0.986. The number of hydrogen-bond donors (Lipinski definition) is 2. The number of methoxy groups -OCH3 is 1. The molecule has 1 unspecified atom stereocenters. The highest BCUT2D eigenvalue weighted by Crippen LogP contribution is 2.22. The first-order valence-corrected chi connectivity index (χ1v) is 8.04. The standard InChI is InChI=1S/C11H19NO4S2/c1-3-9(8-16-2)12-18(14,15)11-5-4-10(17-11)6-7-13/h4-5,9,12-13H,3,6-8H2,1-2H3. The second-order valence-corrected chi connectivity index (χ2v) is 6.99. The molecule has 1 aromatic rings. The van der Waals surface area contributed by atoms with Crippen LogP contribution in [-0.4, -0.2) is 39.9 Å². The van der Waals surface area contributed by atoms with E-state index in [0.717, 1.165) is 4.88 Å². The Morgan fingerprint density at radius 2 is 2.22 bits per heavy atom. The van der Waals surface area contributed by atoms with Crippen molar-refractivity contribution in [1.29, 1.82) is 0 Å². The molecular weight excluding hydrogens is 274 g/mol. The van der Waals surface area contributed by atoms with E-state index < -0.39 is 10.0 Å². The van der Waals surface area contributed by atoms with Gasteiger partial charge in [-0.3, -0.25) is 0 Å². The summed E-state index contributed by atoms with van der Waals surface area (Å²) in [6.45, 7) is 2.27. The van der Waals surface area contributed by atoms with E-state index in [9.17, 15) is 8.42 Å². The minimum absolute atomic E-state index is 0.0225. The number of hydrogen-bond acceptors (Lipinski definition) is 5. The molecular formula is C11H19NO4S2. The molecule has 0 spiro atoms. The molecule has 0 aliphatic rings. The zero-order chi connectivity index (χ0) is 13.6. The molecule has 0 amide bonds. The quantitative estimate of drug-likeness (QED) is 0.749. The topological polar surface area (TPSA) is 75.6 Å². The second kappa shape index (κ2) is 7.20. The summed E-state index contributed by atoms with van der Waals surface area (Å²) in [4.78, 5) is 0.859. The Morgan fingerprint density at radius 1 is 1.50 bits per heavy atom. The SMILES string of the molecule is CCC(COC)NS(=O)(=O)c1ccc(CCO)s1. The second-order valence-electron chi connectivity index (χ2n) is 3.88. The molecule has 1 rings (SSSR count). The largest absolute Gasteiger partial charge is 0.396 e. The maximum atomic E-state index is 12.1. The van der Waals surface area contributed by atoms with E-state index >= 15 is 0 Å². The van der Waals surface area contributed by atoms with Gasteiger partial charge in [0.15, 0.2) is 0 Å². The van der Waals surface area contributed by atoms with Crippen LogP contribution in [0.25, 0.3) is 0 Å². The molecule has 7 heteroatoms. The summed E-state index contributed by atoms with van der Waals surface area (Å²) in [6, 6.07) is 3.08. The normalized spacial score (nSPS) is 13.7. The summed E-state index contributed by atoms with van der Waals surface area (Å²) < 4.78 is 32.0. The van der Waals surface area contributed by atoms with Gasteiger partial charge in [-0.05, 0) is 18.6 Å². The summed E-state index contributed by atoms with van der Waals surface area (Å²) in [6.07, 6.45) is 1.15. The molecule has 104 valence electrons. The van der Waals surface area contributed by atoms with Gasteiger partial charge in [-0.1, -0.05) is 6.92 Å². The van der Waals surface area contributed by atoms with Crippen molar-refractivity contribution < 1.29 is 18.3 Å². The minimum atomic E-state index is -3.48. The van der Waals surface area contributed by atoms with Crippen LogP contribution in [0.1, 0.15) is 18.2 Å². The van der Waals surface area contributed by atoms with Crippen LogP contribution in [-0.2, 0) is 21.2 Å². The lowest BCUT2D eigenvalue weighted by Gasteiger charge is -2.15. The number of ether oxygens (including phenoxy) is 1. The summed E-state index contributed by atoms with van der Waals surface area (Å²) in [5.74, 6) is 0. The molecule has 0 aromatic carbocycles. The van der Waals surface area contributed by atoms with Crippen LogP contribution in [0.2, 0.25) is 0 Å². The Labute approximate surface area is 112 Å². The Morgan fingerprint density at radius 3 is 2.78 bits per heavy atom. The summed E-state index contributed by atoms with van der Waals surface area (Å²) in [5, 5.41) is 8.81. The Kier molecular flexibility index (Phi) is 6.24. The van der Waals surface area contributed by atoms with Crippen LogP contribution < -0.4 is 4.72 Å². The highest BCUT2D eigenvalue weighted by atomic mass is 32.2. The highest BCUT2D eigenvalue weighted by molar-refractivity contribution is 7.91. The minimum Gasteiger partial charge on any atom is -0.396 e. The molecule has 0 radical (unpaired) electrons. The van der Waals surface area contributed by atoms with Gasteiger partial charge in [0.25, 0.3) is 0 Å². The fourth-order valence-electron chi connectivity index (χ4n) is 1.46. The van der Waals surface area contributed by atoms with Crippen LogP contribution >= 0.6 is 11.3 Å². The van der Waals surface area contributed by atoms with Crippen LogP contribution in [0.5, 0.6) is 0 Å². The van der Waals surface area contributed by atoms with Crippen molar-refractivity contribution in [1.82, 2.24) is 4.72 Å².